The fourth-order valence-electron chi connectivity index (χ4n) is 2.03. The molecule has 2 aromatic heterocycles. The molecule has 0 amide bonds. The number of thiophene rings is 1. The number of furan rings is 1. The first-order valence-corrected chi connectivity index (χ1v) is 6.94. The second-order valence-corrected chi connectivity index (χ2v) is 5.50. The van der Waals surface area contributed by atoms with Crippen molar-refractivity contribution in [3.63, 3.8) is 0 Å². The molecule has 1 unspecified atom stereocenters. The van der Waals surface area contributed by atoms with Crippen molar-refractivity contribution in [3.05, 3.63) is 56.9 Å². The van der Waals surface area contributed by atoms with E-state index in [-0.39, 0.29) is 6.04 Å². The minimum Gasteiger partial charge on any atom is -0.459 e. The van der Waals surface area contributed by atoms with Crippen molar-refractivity contribution in [3.8, 4) is 0 Å². The number of hydrogen-bond donors (Lipinski definition) is 1. The third-order valence-corrected chi connectivity index (χ3v) is 4.15. The molecule has 3 aromatic rings. The maximum Gasteiger partial charge on any atom is 0.134 e. The Labute approximate surface area is 114 Å². The summed E-state index contributed by atoms with van der Waals surface area (Å²) in [6, 6.07) is 7.31. The van der Waals surface area contributed by atoms with E-state index in [1.165, 1.54) is 5.56 Å². The van der Waals surface area contributed by atoms with Crippen LogP contribution >= 0.6 is 22.9 Å². The maximum absolute atomic E-state index is 6.24. The lowest BCUT2D eigenvalue weighted by atomic mass is 10.1. The molecule has 92 valence electrons. The predicted octanol–water partition coefficient (Wildman–Crippen LogP) is 4.50. The second-order valence-electron chi connectivity index (χ2n) is 4.32. The minimum atomic E-state index is -0.220. The first-order chi connectivity index (χ1) is 8.65. The first-order valence-electron chi connectivity index (χ1n) is 5.62. The van der Waals surface area contributed by atoms with Gasteiger partial charge in [-0.15, -0.1) is 0 Å². The van der Waals surface area contributed by atoms with E-state index in [0.29, 0.717) is 5.02 Å². The summed E-state index contributed by atoms with van der Waals surface area (Å²) >= 11 is 7.62. The summed E-state index contributed by atoms with van der Waals surface area (Å²) in [5.74, 6) is 0.772. The van der Waals surface area contributed by atoms with E-state index >= 15 is 0 Å². The molecular formula is C14H12ClNOS. The van der Waals surface area contributed by atoms with Crippen molar-refractivity contribution in [1.29, 1.82) is 0 Å². The smallest absolute Gasteiger partial charge is 0.134 e. The van der Waals surface area contributed by atoms with Gasteiger partial charge in [-0.1, -0.05) is 11.6 Å². The van der Waals surface area contributed by atoms with E-state index in [1.807, 2.05) is 24.3 Å². The van der Waals surface area contributed by atoms with Crippen LogP contribution in [0.3, 0.4) is 0 Å². The van der Waals surface area contributed by atoms with Crippen LogP contribution in [0.5, 0.6) is 0 Å². The molecule has 18 heavy (non-hydrogen) atoms. The molecule has 0 spiro atoms. The van der Waals surface area contributed by atoms with Crippen LogP contribution in [0.1, 0.15) is 22.9 Å². The highest BCUT2D eigenvalue weighted by Gasteiger charge is 2.16. The normalized spacial score (nSPS) is 13.1. The molecule has 2 nitrogen and oxygen atoms in total. The van der Waals surface area contributed by atoms with Crippen LogP contribution < -0.4 is 5.73 Å². The Kier molecular flexibility index (Phi) is 2.90. The van der Waals surface area contributed by atoms with Crippen LogP contribution in [-0.4, -0.2) is 0 Å². The van der Waals surface area contributed by atoms with Gasteiger partial charge in [0.1, 0.15) is 11.3 Å². The van der Waals surface area contributed by atoms with Crippen molar-refractivity contribution in [2.75, 3.05) is 0 Å². The van der Waals surface area contributed by atoms with Gasteiger partial charge >= 0.3 is 0 Å². The molecule has 0 aliphatic heterocycles. The molecule has 0 saturated carbocycles. The van der Waals surface area contributed by atoms with Gasteiger partial charge in [0.05, 0.1) is 6.04 Å². The molecule has 4 heteroatoms. The minimum absolute atomic E-state index is 0.220. The summed E-state index contributed by atoms with van der Waals surface area (Å²) in [6.07, 6.45) is 0. The lowest BCUT2D eigenvalue weighted by Crippen LogP contribution is -2.10. The summed E-state index contributed by atoms with van der Waals surface area (Å²) in [6.45, 7) is 2.06. The van der Waals surface area contributed by atoms with Crippen molar-refractivity contribution in [1.82, 2.24) is 0 Å². The standard InChI is InChI=1S/C14H12ClNOS/c1-8-6-18-7-11(8)14(16)13-5-9-4-10(15)2-3-12(9)17-13/h2-7,14H,16H2,1H3. The average Bonchev–Trinajstić information content (AvgIpc) is 2.93. The van der Waals surface area contributed by atoms with Crippen LogP contribution in [0.4, 0.5) is 0 Å². The zero-order valence-corrected chi connectivity index (χ0v) is 11.4. The molecule has 1 atom stereocenters. The third kappa shape index (κ3) is 1.94. The van der Waals surface area contributed by atoms with E-state index < -0.39 is 0 Å². The number of hydrogen-bond acceptors (Lipinski definition) is 3. The fourth-order valence-corrected chi connectivity index (χ4v) is 3.10. The van der Waals surface area contributed by atoms with Crippen molar-refractivity contribution < 1.29 is 4.42 Å². The Morgan fingerprint density at radius 1 is 1.28 bits per heavy atom. The monoisotopic (exact) mass is 277 g/mol. The number of aryl methyl sites for hydroxylation is 1. The molecule has 0 bridgehead atoms. The summed E-state index contributed by atoms with van der Waals surface area (Å²) < 4.78 is 5.78. The number of benzene rings is 1. The van der Waals surface area contributed by atoms with E-state index in [9.17, 15) is 0 Å². The predicted molar refractivity (Wildman–Crippen MR) is 76.3 cm³/mol. The molecular weight excluding hydrogens is 266 g/mol. The van der Waals surface area contributed by atoms with Gasteiger partial charge in [0, 0.05) is 10.4 Å². The van der Waals surface area contributed by atoms with Crippen molar-refractivity contribution in [2.45, 2.75) is 13.0 Å². The Morgan fingerprint density at radius 3 is 2.83 bits per heavy atom. The third-order valence-electron chi connectivity index (χ3n) is 3.03. The van der Waals surface area contributed by atoms with E-state index in [1.54, 1.807) is 11.3 Å². The molecule has 0 aliphatic carbocycles. The fraction of sp³-hybridized carbons (Fsp3) is 0.143. The number of nitrogens with two attached hydrogens (primary N) is 1. The Bertz CT molecular complexity index is 701. The lowest BCUT2D eigenvalue weighted by molar-refractivity contribution is 0.525. The highest BCUT2D eigenvalue weighted by Crippen LogP contribution is 2.30. The Hall–Kier alpha value is -1.29. The summed E-state index contributed by atoms with van der Waals surface area (Å²) in [5.41, 5.74) is 9.38. The largest absolute Gasteiger partial charge is 0.459 e. The summed E-state index contributed by atoms with van der Waals surface area (Å²) in [7, 11) is 0. The molecule has 0 aliphatic rings. The second kappa shape index (κ2) is 4.43. The molecule has 1 aromatic carbocycles. The number of fused-ring (bicyclic) bond motifs is 1. The van der Waals surface area contributed by atoms with Gasteiger partial charge in [-0.3, -0.25) is 0 Å². The zero-order chi connectivity index (χ0) is 12.7. The van der Waals surface area contributed by atoms with Gasteiger partial charge in [0.15, 0.2) is 0 Å². The van der Waals surface area contributed by atoms with Gasteiger partial charge < -0.3 is 10.2 Å². The van der Waals surface area contributed by atoms with Gasteiger partial charge in [-0.2, -0.15) is 11.3 Å². The first kappa shape index (κ1) is 11.8. The lowest BCUT2D eigenvalue weighted by Gasteiger charge is -2.07. The van der Waals surface area contributed by atoms with Gasteiger partial charge in [-0.05, 0) is 53.1 Å². The highest BCUT2D eigenvalue weighted by molar-refractivity contribution is 7.08. The maximum atomic E-state index is 6.24. The molecule has 0 radical (unpaired) electrons. The SMILES string of the molecule is Cc1cscc1C(N)c1cc2cc(Cl)ccc2o1. The summed E-state index contributed by atoms with van der Waals surface area (Å²) in [5, 5.41) is 5.85. The van der Waals surface area contributed by atoms with Gasteiger partial charge in [-0.25, -0.2) is 0 Å². The number of halogens is 1. The van der Waals surface area contributed by atoms with Gasteiger partial charge in [0.2, 0.25) is 0 Å². The quantitative estimate of drug-likeness (QED) is 0.749. The van der Waals surface area contributed by atoms with Crippen molar-refractivity contribution in [2.24, 2.45) is 5.73 Å². The van der Waals surface area contributed by atoms with Crippen molar-refractivity contribution >= 4 is 33.9 Å². The molecule has 0 fully saturated rings. The van der Waals surface area contributed by atoms with Crippen LogP contribution in [0.2, 0.25) is 5.02 Å². The van der Waals surface area contributed by atoms with Crippen LogP contribution in [-0.2, 0) is 0 Å². The van der Waals surface area contributed by atoms with Crippen LogP contribution in [0.25, 0.3) is 11.0 Å². The van der Waals surface area contributed by atoms with Crippen LogP contribution in [0, 0.1) is 6.92 Å². The molecule has 2 N–H and O–H groups in total. The van der Waals surface area contributed by atoms with Crippen LogP contribution in [0.15, 0.2) is 39.4 Å². The number of rotatable bonds is 2. The van der Waals surface area contributed by atoms with Gasteiger partial charge in [0.25, 0.3) is 0 Å². The Balaban J connectivity index is 2.07. The molecule has 0 saturated heterocycles. The molecule has 3 rings (SSSR count). The average molecular weight is 278 g/mol. The van der Waals surface area contributed by atoms with E-state index in [2.05, 4.69) is 17.7 Å². The van der Waals surface area contributed by atoms with E-state index in [4.69, 9.17) is 21.8 Å². The van der Waals surface area contributed by atoms with E-state index in [0.717, 1.165) is 22.3 Å². The summed E-state index contributed by atoms with van der Waals surface area (Å²) in [4.78, 5) is 0. The molecule has 2 heterocycles. The Morgan fingerprint density at radius 2 is 2.11 bits per heavy atom. The highest BCUT2D eigenvalue weighted by atomic mass is 35.5. The zero-order valence-electron chi connectivity index (χ0n) is 9.81. The topological polar surface area (TPSA) is 39.2 Å².